The Labute approximate surface area is 172 Å². The van der Waals surface area contributed by atoms with Crippen molar-refractivity contribution < 1.29 is 23.7 Å². The van der Waals surface area contributed by atoms with Gasteiger partial charge in [0.1, 0.15) is 11.5 Å². The molecule has 3 aliphatic rings. The Balaban J connectivity index is 1.33. The van der Waals surface area contributed by atoms with Gasteiger partial charge in [-0.3, -0.25) is 9.69 Å². The predicted molar refractivity (Wildman–Crippen MR) is 109 cm³/mol. The van der Waals surface area contributed by atoms with E-state index < -0.39 is 0 Å². The maximum atomic E-state index is 13.0. The predicted octanol–water partition coefficient (Wildman–Crippen LogP) is 2.05. The van der Waals surface area contributed by atoms with Crippen LogP contribution in [0.15, 0.2) is 18.2 Å². The van der Waals surface area contributed by atoms with Crippen LogP contribution in [0.25, 0.3) is 0 Å². The molecule has 0 aromatic heterocycles. The molecule has 3 aliphatic heterocycles. The van der Waals surface area contributed by atoms with E-state index in [2.05, 4.69) is 4.90 Å². The maximum absolute atomic E-state index is 13.0. The van der Waals surface area contributed by atoms with E-state index in [-0.39, 0.29) is 11.3 Å². The molecule has 0 N–H and O–H groups in total. The van der Waals surface area contributed by atoms with Gasteiger partial charge in [0.2, 0.25) is 0 Å². The SMILES string of the molecule is COc1cc(OC)cc(C(=O)N2CCC3(CC2)CO[C@@H](CN2CCOCC2)C3)c1. The summed E-state index contributed by atoms with van der Waals surface area (Å²) >= 11 is 0. The number of carbonyl (C=O) groups excluding carboxylic acids is 1. The van der Waals surface area contributed by atoms with Gasteiger partial charge in [-0.2, -0.15) is 0 Å². The Morgan fingerprint density at radius 1 is 1.07 bits per heavy atom. The molecule has 1 amide bonds. The summed E-state index contributed by atoms with van der Waals surface area (Å²) in [6.45, 7) is 7.00. The second kappa shape index (κ2) is 8.90. The first kappa shape index (κ1) is 20.4. The molecule has 29 heavy (non-hydrogen) atoms. The zero-order chi connectivity index (χ0) is 20.3. The number of piperidine rings is 1. The van der Waals surface area contributed by atoms with Crippen LogP contribution in [0.5, 0.6) is 11.5 Å². The Morgan fingerprint density at radius 2 is 1.72 bits per heavy atom. The number of hydrogen-bond acceptors (Lipinski definition) is 6. The van der Waals surface area contributed by atoms with E-state index in [9.17, 15) is 4.79 Å². The molecule has 0 unspecified atom stereocenters. The number of amides is 1. The number of benzene rings is 1. The first-order valence-electron chi connectivity index (χ1n) is 10.5. The number of carbonyl (C=O) groups is 1. The molecule has 3 heterocycles. The first-order chi connectivity index (χ1) is 14.1. The number of methoxy groups -OCH3 is 2. The molecule has 4 rings (SSSR count). The summed E-state index contributed by atoms with van der Waals surface area (Å²) in [6.07, 6.45) is 3.40. The van der Waals surface area contributed by atoms with Gasteiger partial charge in [0.25, 0.3) is 5.91 Å². The van der Waals surface area contributed by atoms with Gasteiger partial charge < -0.3 is 23.8 Å². The lowest BCUT2D eigenvalue weighted by Crippen LogP contribution is -2.44. The van der Waals surface area contributed by atoms with Crippen molar-refractivity contribution in [3.8, 4) is 11.5 Å². The summed E-state index contributed by atoms with van der Waals surface area (Å²) < 4.78 is 22.2. The van der Waals surface area contributed by atoms with Gasteiger partial charge in [-0.1, -0.05) is 0 Å². The highest BCUT2D eigenvalue weighted by Gasteiger charge is 2.43. The van der Waals surface area contributed by atoms with Crippen LogP contribution in [0.1, 0.15) is 29.6 Å². The van der Waals surface area contributed by atoms with Crippen molar-refractivity contribution in [3.05, 3.63) is 23.8 Å². The van der Waals surface area contributed by atoms with Crippen molar-refractivity contribution in [2.24, 2.45) is 5.41 Å². The molecule has 1 atom stereocenters. The summed E-state index contributed by atoms with van der Waals surface area (Å²) in [6, 6.07) is 5.35. The van der Waals surface area contributed by atoms with Crippen molar-refractivity contribution in [1.82, 2.24) is 9.80 Å². The standard InChI is InChI=1S/C22H32N2O5/c1-26-18-11-17(12-19(13-18)27-2)21(25)24-5-3-22(4-6-24)14-20(29-16-22)15-23-7-9-28-10-8-23/h11-13,20H,3-10,14-16H2,1-2H3/t20-/m1/s1. The second-order valence-electron chi connectivity index (χ2n) is 8.44. The first-order valence-corrected chi connectivity index (χ1v) is 10.5. The zero-order valence-corrected chi connectivity index (χ0v) is 17.5. The van der Waals surface area contributed by atoms with Crippen molar-refractivity contribution >= 4 is 5.91 Å². The van der Waals surface area contributed by atoms with Crippen molar-refractivity contribution in [3.63, 3.8) is 0 Å². The molecular weight excluding hydrogens is 372 g/mol. The molecule has 3 saturated heterocycles. The van der Waals surface area contributed by atoms with Gasteiger partial charge in [0.15, 0.2) is 0 Å². The molecule has 0 bridgehead atoms. The van der Waals surface area contributed by atoms with Gasteiger partial charge >= 0.3 is 0 Å². The van der Waals surface area contributed by atoms with Crippen LogP contribution in [0.3, 0.4) is 0 Å². The van der Waals surface area contributed by atoms with Gasteiger partial charge in [-0.05, 0) is 36.8 Å². The van der Waals surface area contributed by atoms with Crippen LogP contribution in [-0.2, 0) is 9.47 Å². The fourth-order valence-electron chi connectivity index (χ4n) is 4.73. The van der Waals surface area contributed by atoms with Crippen molar-refractivity contribution in [2.45, 2.75) is 25.4 Å². The number of likely N-dealkylation sites (tertiary alicyclic amines) is 1. The van der Waals surface area contributed by atoms with Crippen LogP contribution >= 0.6 is 0 Å². The lowest BCUT2D eigenvalue weighted by molar-refractivity contribution is 0.00524. The van der Waals surface area contributed by atoms with Crippen molar-refractivity contribution in [2.75, 3.05) is 66.8 Å². The summed E-state index contributed by atoms with van der Waals surface area (Å²) in [4.78, 5) is 17.4. The quantitative estimate of drug-likeness (QED) is 0.749. The maximum Gasteiger partial charge on any atom is 0.254 e. The Hall–Kier alpha value is -1.83. The normalized spacial score (nSPS) is 24.6. The summed E-state index contributed by atoms with van der Waals surface area (Å²) in [5.74, 6) is 1.31. The average molecular weight is 405 g/mol. The number of nitrogens with zero attached hydrogens (tertiary/aromatic N) is 2. The number of rotatable bonds is 5. The van der Waals surface area contributed by atoms with Crippen LogP contribution in [0, 0.1) is 5.41 Å². The summed E-state index contributed by atoms with van der Waals surface area (Å²) in [7, 11) is 3.20. The molecule has 0 radical (unpaired) electrons. The van der Waals surface area contributed by atoms with E-state index in [1.807, 2.05) is 4.90 Å². The molecule has 160 valence electrons. The third-order valence-corrected chi connectivity index (χ3v) is 6.56. The minimum absolute atomic E-state index is 0.0424. The minimum atomic E-state index is 0.0424. The molecule has 7 heteroatoms. The lowest BCUT2D eigenvalue weighted by atomic mass is 9.76. The van der Waals surface area contributed by atoms with E-state index in [4.69, 9.17) is 18.9 Å². The Morgan fingerprint density at radius 3 is 2.34 bits per heavy atom. The number of morpholine rings is 1. The third kappa shape index (κ3) is 4.68. The van der Waals surface area contributed by atoms with Crippen LogP contribution < -0.4 is 9.47 Å². The molecule has 1 aromatic rings. The van der Waals surface area contributed by atoms with Gasteiger partial charge in [-0.25, -0.2) is 0 Å². The molecule has 1 aromatic carbocycles. The Kier molecular flexibility index (Phi) is 6.27. The second-order valence-corrected chi connectivity index (χ2v) is 8.44. The number of hydrogen-bond donors (Lipinski definition) is 0. The highest BCUT2D eigenvalue weighted by Crippen LogP contribution is 2.42. The van der Waals surface area contributed by atoms with E-state index in [0.717, 1.165) is 71.8 Å². The van der Waals surface area contributed by atoms with E-state index in [1.54, 1.807) is 32.4 Å². The largest absolute Gasteiger partial charge is 0.497 e. The summed E-state index contributed by atoms with van der Waals surface area (Å²) in [5.41, 5.74) is 0.838. The molecule has 0 aliphatic carbocycles. The average Bonchev–Trinajstić information content (AvgIpc) is 3.15. The van der Waals surface area contributed by atoms with E-state index in [1.165, 1.54) is 0 Å². The monoisotopic (exact) mass is 404 g/mol. The van der Waals surface area contributed by atoms with Crippen molar-refractivity contribution in [1.29, 1.82) is 0 Å². The fraction of sp³-hybridized carbons (Fsp3) is 0.682. The molecular formula is C22H32N2O5. The molecule has 7 nitrogen and oxygen atoms in total. The van der Waals surface area contributed by atoms with Crippen LogP contribution in [-0.4, -0.2) is 88.6 Å². The lowest BCUT2D eigenvalue weighted by Gasteiger charge is -2.38. The van der Waals surface area contributed by atoms with E-state index >= 15 is 0 Å². The molecule has 3 fully saturated rings. The van der Waals surface area contributed by atoms with Gasteiger partial charge in [0, 0.05) is 44.4 Å². The van der Waals surface area contributed by atoms with Gasteiger partial charge in [0.05, 0.1) is 40.1 Å². The number of ether oxygens (including phenoxy) is 4. The third-order valence-electron chi connectivity index (χ3n) is 6.56. The zero-order valence-electron chi connectivity index (χ0n) is 17.5. The highest BCUT2D eigenvalue weighted by molar-refractivity contribution is 5.95. The molecule has 1 spiro atoms. The molecule has 0 saturated carbocycles. The van der Waals surface area contributed by atoms with Crippen LogP contribution in [0.2, 0.25) is 0 Å². The summed E-state index contributed by atoms with van der Waals surface area (Å²) in [5, 5.41) is 0. The minimum Gasteiger partial charge on any atom is -0.497 e. The van der Waals surface area contributed by atoms with E-state index in [0.29, 0.717) is 23.2 Å². The fourth-order valence-corrected chi connectivity index (χ4v) is 4.73. The highest BCUT2D eigenvalue weighted by atomic mass is 16.5. The topological polar surface area (TPSA) is 60.5 Å². The smallest absolute Gasteiger partial charge is 0.254 e. The Bertz CT molecular complexity index is 689. The van der Waals surface area contributed by atoms with Crippen LogP contribution in [0.4, 0.5) is 0 Å². The van der Waals surface area contributed by atoms with Gasteiger partial charge in [-0.15, -0.1) is 0 Å².